The van der Waals surface area contributed by atoms with Crippen molar-refractivity contribution in [3.8, 4) is 0 Å². The average Bonchev–Trinajstić information content (AvgIpc) is 2.81. The summed E-state index contributed by atoms with van der Waals surface area (Å²) in [6.07, 6.45) is 1.04. The van der Waals surface area contributed by atoms with Crippen LogP contribution in [0, 0.1) is 5.92 Å². The number of hydrogen-bond acceptors (Lipinski definition) is 7. The van der Waals surface area contributed by atoms with E-state index in [2.05, 4.69) is 16.0 Å². The third-order valence-electron chi connectivity index (χ3n) is 5.46. The van der Waals surface area contributed by atoms with Crippen LogP contribution in [0.3, 0.4) is 0 Å². The van der Waals surface area contributed by atoms with Crippen LogP contribution in [0.15, 0.2) is 30.3 Å². The van der Waals surface area contributed by atoms with Gasteiger partial charge in [0.1, 0.15) is 18.1 Å². The number of carbonyl (C=O) groups is 5. The molecule has 0 spiro atoms. The highest BCUT2D eigenvalue weighted by atomic mass is 16.4. The minimum atomic E-state index is -1.67. The maximum atomic E-state index is 13.2. The number of nitrogens with one attached hydrogen (secondary N) is 3. The van der Waals surface area contributed by atoms with Crippen molar-refractivity contribution in [1.29, 1.82) is 0 Å². The molecule has 0 heterocycles. The summed E-state index contributed by atoms with van der Waals surface area (Å²) in [4.78, 5) is 60.9. The van der Waals surface area contributed by atoms with Gasteiger partial charge in [0.25, 0.3) is 0 Å². The molecule has 0 saturated heterocycles. The molecule has 1 rings (SSSR count). The predicted octanol–water partition coefficient (Wildman–Crippen LogP) is -0.645. The summed E-state index contributed by atoms with van der Waals surface area (Å²) in [7, 11) is 0. The summed E-state index contributed by atoms with van der Waals surface area (Å²) >= 11 is 0. The van der Waals surface area contributed by atoms with E-state index in [1.54, 1.807) is 44.2 Å². The third-order valence-corrected chi connectivity index (χ3v) is 5.46. The van der Waals surface area contributed by atoms with Gasteiger partial charge in [0.15, 0.2) is 0 Å². The van der Waals surface area contributed by atoms with E-state index in [1.165, 1.54) is 0 Å². The highest BCUT2D eigenvalue weighted by Gasteiger charge is 2.32. The molecule has 0 aliphatic carbocycles. The number of carboxylic acid groups (broad SMARTS) is 2. The van der Waals surface area contributed by atoms with E-state index in [9.17, 15) is 29.1 Å². The van der Waals surface area contributed by atoms with Crippen LogP contribution in [0.25, 0.3) is 0 Å². The Bertz CT molecular complexity index is 894. The van der Waals surface area contributed by atoms with E-state index in [1.807, 2.05) is 0 Å². The van der Waals surface area contributed by atoms with Crippen molar-refractivity contribution in [3.63, 3.8) is 0 Å². The summed E-state index contributed by atoms with van der Waals surface area (Å²) in [6, 6.07) is 4.17. The van der Waals surface area contributed by atoms with Crippen LogP contribution in [0.4, 0.5) is 0 Å². The minimum absolute atomic E-state index is 0.122. The lowest BCUT2D eigenvalue weighted by atomic mass is 10.00. The largest absolute Gasteiger partial charge is 0.481 e. The lowest BCUT2D eigenvalue weighted by molar-refractivity contribution is -0.147. The standard InChI is InChI=1S/C24H37N5O7/c1-14(2)20(23(34)28-18(24(35)36)13-19(30)31)29-22(33)17(12-15-8-4-3-5-9-15)27-21(32)16(26)10-6-7-11-25/h3-5,8-9,14,16-18,20H,6-7,10-13,25-26H2,1-2H3,(H,27,32)(H,28,34)(H,29,33)(H,30,31)(H,35,36). The molecule has 4 unspecified atom stereocenters. The zero-order valence-electron chi connectivity index (χ0n) is 20.6. The molecule has 0 bridgehead atoms. The molecule has 0 saturated carbocycles. The molecule has 12 heteroatoms. The number of carbonyl (C=O) groups excluding carboxylic acids is 3. The highest BCUT2D eigenvalue weighted by Crippen LogP contribution is 2.08. The van der Waals surface area contributed by atoms with Gasteiger partial charge in [-0.2, -0.15) is 0 Å². The van der Waals surface area contributed by atoms with Gasteiger partial charge in [-0.05, 0) is 30.9 Å². The molecule has 0 aliphatic heterocycles. The van der Waals surface area contributed by atoms with Crippen LogP contribution < -0.4 is 27.4 Å². The number of unbranched alkanes of at least 4 members (excludes halogenated alkanes) is 1. The summed E-state index contributed by atoms with van der Waals surface area (Å²) < 4.78 is 0. The lowest BCUT2D eigenvalue weighted by Crippen LogP contribution is -2.59. The molecule has 0 aromatic heterocycles. The fourth-order valence-corrected chi connectivity index (χ4v) is 3.40. The number of rotatable bonds is 16. The van der Waals surface area contributed by atoms with Gasteiger partial charge >= 0.3 is 11.9 Å². The topological polar surface area (TPSA) is 214 Å². The molecule has 200 valence electrons. The van der Waals surface area contributed by atoms with Crippen LogP contribution >= 0.6 is 0 Å². The van der Waals surface area contributed by atoms with Gasteiger partial charge in [-0.15, -0.1) is 0 Å². The van der Waals surface area contributed by atoms with Crippen LogP contribution in [-0.2, 0) is 30.4 Å². The predicted molar refractivity (Wildman–Crippen MR) is 132 cm³/mol. The first-order chi connectivity index (χ1) is 17.0. The van der Waals surface area contributed by atoms with Crippen molar-refractivity contribution in [1.82, 2.24) is 16.0 Å². The molecule has 1 aromatic carbocycles. The first-order valence-corrected chi connectivity index (χ1v) is 11.8. The Morgan fingerprint density at radius 3 is 2.00 bits per heavy atom. The molecule has 0 aliphatic rings. The van der Waals surface area contributed by atoms with E-state index in [0.717, 1.165) is 5.56 Å². The number of nitrogens with two attached hydrogens (primary N) is 2. The molecular weight excluding hydrogens is 470 g/mol. The van der Waals surface area contributed by atoms with Crippen molar-refractivity contribution in [3.05, 3.63) is 35.9 Å². The van der Waals surface area contributed by atoms with Gasteiger partial charge in [-0.3, -0.25) is 19.2 Å². The normalized spacial score (nSPS) is 14.2. The Hall–Kier alpha value is -3.51. The fraction of sp³-hybridized carbons (Fsp3) is 0.542. The quantitative estimate of drug-likeness (QED) is 0.141. The average molecular weight is 508 g/mol. The number of hydrogen-bond donors (Lipinski definition) is 7. The number of aliphatic carboxylic acids is 2. The Kier molecular flexibility index (Phi) is 13.1. The van der Waals surface area contributed by atoms with Crippen LogP contribution in [0.1, 0.15) is 45.1 Å². The summed E-state index contributed by atoms with van der Waals surface area (Å²) in [5.74, 6) is -5.44. The van der Waals surface area contributed by atoms with Gasteiger partial charge < -0.3 is 37.6 Å². The molecule has 12 nitrogen and oxygen atoms in total. The zero-order chi connectivity index (χ0) is 27.3. The first-order valence-electron chi connectivity index (χ1n) is 11.8. The van der Waals surface area contributed by atoms with Crippen molar-refractivity contribution < 1.29 is 34.2 Å². The minimum Gasteiger partial charge on any atom is -0.481 e. The molecule has 3 amide bonds. The van der Waals surface area contributed by atoms with Gasteiger partial charge in [-0.1, -0.05) is 50.6 Å². The molecule has 0 fully saturated rings. The molecule has 4 atom stereocenters. The van der Waals surface area contributed by atoms with E-state index >= 15 is 0 Å². The molecule has 0 radical (unpaired) electrons. The van der Waals surface area contributed by atoms with Crippen molar-refractivity contribution >= 4 is 29.7 Å². The zero-order valence-corrected chi connectivity index (χ0v) is 20.6. The molecule has 1 aromatic rings. The molecule has 36 heavy (non-hydrogen) atoms. The first kappa shape index (κ1) is 30.5. The Morgan fingerprint density at radius 2 is 1.47 bits per heavy atom. The van der Waals surface area contributed by atoms with Gasteiger partial charge in [-0.25, -0.2) is 4.79 Å². The Balaban J connectivity index is 3.03. The summed E-state index contributed by atoms with van der Waals surface area (Å²) in [5, 5.41) is 25.5. The second-order valence-corrected chi connectivity index (χ2v) is 8.87. The third kappa shape index (κ3) is 10.8. The smallest absolute Gasteiger partial charge is 0.326 e. The van der Waals surface area contributed by atoms with Crippen molar-refractivity contribution in [2.45, 2.75) is 70.1 Å². The van der Waals surface area contributed by atoms with E-state index in [0.29, 0.717) is 25.8 Å². The maximum Gasteiger partial charge on any atom is 0.326 e. The molecule has 9 N–H and O–H groups in total. The van der Waals surface area contributed by atoms with E-state index < -0.39 is 66.2 Å². The van der Waals surface area contributed by atoms with E-state index in [4.69, 9.17) is 16.6 Å². The van der Waals surface area contributed by atoms with Gasteiger partial charge in [0.2, 0.25) is 17.7 Å². The second-order valence-electron chi connectivity index (χ2n) is 8.87. The number of amides is 3. The van der Waals surface area contributed by atoms with Crippen molar-refractivity contribution in [2.24, 2.45) is 17.4 Å². The fourth-order valence-electron chi connectivity index (χ4n) is 3.40. The van der Waals surface area contributed by atoms with E-state index in [-0.39, 0.29) is 6.42 Å². The van der Waals surface area contributed by atoms with Crippen molar-refractivity contribution in [2.75, 3.05) is 6.54 Å². The van der Waals surface area contributed by atoms with Gasteiger partial charge in [0, 0.05) is 6.42 Å². The molecular formula is C24H37N5O7. The maximum absolute atomic E-state index is 13.2. The lowest BCUT2D eigenvalue weighted by Gasteiger charge is -2.27. The Morgan fingerprint density at radius 1 is 0.861 bits per heavy atom. The van der Waals surface area contributed by atoms with Crippen LogP contribution in [0.5, 0.6) is 0 Å². The second kappa shape index (κ2) is 15.5. The van der Waals surface area contributed by atoms with Crippen LogP contribution in [-0.4, -0.2) is 70.6 Å². The summed E-state index contributed by atoms with van der Waals surface area (Å²) in [6.45, 7) is 3.74. The number of carboxylic acids is 2. The van der Waals surface area contributed by atoms with Gasteiger partial charge in [0.05, 0.1) is 12.5 Å². The highest BCUT2D eigenvalue weighted by molar-refractivity contribution is 5.94. The van der Waals surface area contributed by atoms with Crippen LogP contribution in [0.2, 0.25) is 0 Å². The summed E-state index contributed by atoms with van der Waals surface area (Å²) in [5.41, 5.74) is 12.2. The number of benzene rings is 1. The SMILES string of the molecule is CC(C)C(NC(=O)C(Cc1ccccc1)NC(=O)C(N)CCCCN)C(=O)NC(CC(=O)O)C(=O)O. The monoisotopic (exact) mass is 507 g/mol. The Labute approximate surface area is 210 Å².